The van der Waals surface area contributed by atoms with Gasteiger partial charge in [-0.05, 0) is 14.1 Å². The number of rotatable bonds is 3. The minimum absolute atomic E-state index is 0.333. The minimum Gasteiger partial charge on any atom is -0.435 e. The van der Waals surface area contributed by atoms with Crippen LogP contribution in [0.1, 0.15) is 6.92 Å². The van der Waals surface area contributed by atoms with Crippen LogP contribution in [0.2, 0.25) is 0 Å². The number of hydrogen-bond donors (Lipinski definition) is 1. The van der Waals surface area contributed by atoms with Crippen LogP contribution in [0.15, 0.2) is 0 Å². The first-order valence-electron chi connectivity index (χ1n) is 3.02. The highest BCUT2D eigenvalue weighted by atomic mass is 16.6. The van der Waals surface area contributed by atoms with Crippen LogP contribution in [0.3, 0.4) is 0 Å². The molecule has 1 unspecified atom stereocenters. The van der Waals surface area contributed by atoms with Crippen molar-refractivity contribution in [2.75, 3.05) is 20.6 Å². The van der Waals surface area contributed by atoms with E-state index in [4.69, 9.17) is 5.11 Å². The fourth-order valence-electron chi connectivity index (χ4n) is 0.541. The van der Waals surface area contributed by atoms with Gasteiger partial charge in [-0.1, -0.05) is 0 Å². The van der Waals surface area contributed by atoms with Crippen molar-refractivity contribution in [2.24, 2.45) is 0 Å². The molecule has 1 atom stereocenters. The molecular weight excluding hydrogens is 134 g/mol. The van der Waals surface area contributed by atoms with Gasteiger partial charge in [-0.15, -0.1) is 0 Å². The molecule has 0 aromatic carbocycles. The molecule has 4 nitrogen and oxygen atoms in total. The molecule has 60 valence electrons. The summed E-state index contributed by atoms with van der Waals surface area (Å²) in [6.07, 6.45) is -1.01. The number of nitrogens with zero attached hydrogens (tertiary/aromatic N) is 1. The van der Waals surface area contributed by atoms with Crippen LogP contribution in [0.25, 0.3) is 0 Å². The van der Waals surface area contributed by atoms with Crippen molar-refractivity contribution in [1.29, 1.82) is 0 Å². The van der Waals surface area contributed by atoms with E-state index < -0.39 is 12.3 Å². The van der Waals surface area contributed by atoms with E-state index in [0.29, 0.717) is 6.54 Å². The van der Waals surface area contributed by atoms with Crippen LogP contribution in [0.4, 0.5) is 0 Å². The van der Waals surface area contributed by atoms with Crippen molar-refractivity contribution in [1.82, 2.24) is 4.90 Å². The molecule has 0 heterocycles. The lowest BCUT2D eigenvalue weighted by Gasteiger charge is -2.14. The molecule has 0 radical (unpaired) electrons. The van der Waals surface area contributed by atoms with Gasteiger partial charge < -0.3 is 14.7 Å². The van der Waals surface area contributed by atoms with Crippen molar-refractivity contribution in [2.45, 2.75) is 13.2 Å². The largest absolute Gasteiger partial charge is 0.435 e. The Morgan fingerprint density at radius 2 is 2.20 bits per heavy atom. The molecule has 0 aromatic rings. The SMILES string of the molecule is CC(=O)OC(O)CN(C)C. The molecule has 4 heteroatoms. The second-order valence-corrected chi connectivity index (χ2v) is 2.33. The van der Waals surface area contributed by atoms with Crippen LogP contribution < -0.4 is 0 Å². The Morgan fingerprint density at radius 3 is 2.50 bits per heavy atom. The summed E-state index contributed by atoms with van der Waals surface area (Å²) in [7, 11) is 3.57. The van der Waals surface area contributed by atoms with E-state index in [2.05, 4.69) is 4.74 Å². The maximum Gasteiger partial charge on any atom is 0.304 e. The first kappa shape index (κ1) is 9.39. The summed E-state index contributed by atoms with van der Waals surface area (Å²) in [6, 6.07) is 0. The van der Waals surface area contributed by atoms with Crippen molar-refractivity contribution >= 4 is 5.97 Å². The monoisotopic (exact) mass is 147 g/mol. The van der Waals surface area contributed by atoms with Crippen LogP contribution in [-0.4, -0.2) is 42.9 Å². The number of aliphatic hydroxyl groups is 1. The molecule has 0 aromatic heterocycles. The number of hydrogen-bond acceptors (Lipinski definition) is 4. The van der Waals surface area contributed by atoms with Gasteiger partial charge >= 0.3 is 5.97 Å². The average Bonchev–Trinajstić information content (AvgIpc) is 1.58. The zero-order chi connectivity index (χ0) is 8.15. The first-order valence-corrected chi connectivity index (χ1v) is 3.02. The normalized spacial score (nSPS) is 13.3. The predicted octanol–water partition coefficient (Wildman–Crippen LogP) is -0.571. The summed E-state index contributed by atoms with van der Waals surface area (Å²) in [4.78, 5) is 12.0. The van der Waals surface area contributed by atoms with Crippen molar-refractivity contribution in [3.63, 3.8) is 0 Å². The second kappa shape index (κ2) is 4.24. The molecule has 0 saturated heterocycles. The van der Waals surface area contributed by atoms with Gasteiger partial charge in [0.25, 0.3) is 0 Å². The zero-order valence-electron chi connectivity index (χ0n) is 6.50. The average molecular weight is 147 g/mol. The fraction of sp³-hybridized carbons (Fsp3) is 0.833. The van der Waals surface area contributed by atoms with Gasteiger partial charge in [0.1, 0.15) is 0 Å². The number of likely N-dealkylation sites (N-methyl/N-ethyl adjacent to an activating group) is 1. The lowest BCUT2D eigenvalue weighted by molar-refractivity contribution is -0.166. The fourth-order valence-corrected chi connectivity index (χ4v) is 0.541. The zero-order valence-corrected chi connectivity index (χ0v) is 6.50. The summed E-state index contributed by atoms with van der Waals surface area (Å²) < 4.78 is 4.44. The van der Waals surface area contributed by atoms with Crippen LogP contribution in [-0.2, 0) is 9.53 Å². The van der Waals surface area contributed by atoms with Gasteiger partial charge in [-0.2, -0.15) is 0 Å². The highest BCUT2D eigenvalue weighted by molar-refractivity contribution is 5.66. The Balaban J connectivity index is 3.43. The molecule has 10 heavy (non-hydrogen) atoms. The smallest absolute Gasteiger partial charge is 0.304 e. The summed E-state index contributed by atoms with van der Waals surface area (Å²) >= 11 is 0. The number of aliphatic hydroxyl groups excluding tert-OH is 1. The Hall–Kier alpha value is -0.610. The maximum atomic E-state index is 10.2. The van der Waals surface area contributed by atoms with E-state index in [0.717, 1.165) is 0 Å². The Kier molecular flexibility index (Phi) is 3.99. The quantitative estimate of drug-likeness (QED) is 0.429. The standard InChI is InChI=1S/C6H13NO3/c1-5(8)10-6(9)4-7(2)3/h6,9H,4H2,1-3H3. The molecular formula is C6H13NO3. The lowest BCUT2D eigenvalue weighted by atomic mass is 10.6. The summed E-state index contributed by atoms with van der Waals surface area (Å²) in [6.45, 7) is 1.60. The molecule has 0 amide bonds. The lowest BCUT2D eigenvalue weighted by Crippen LogP contribution is -2.29. The van der Waals surface area contributed by atoms with E-state index >= 15 is 0 Å². The van der Waals surface area contributed by atoms with E-state index in [-0.39, 0.29) is 0 Å². The second-order valence-electron chi connectivity index (χ2n) is 2.33. The van der Waals surface area contributed by atoms with Gasteiger partial charge in [0, 0.05) is 6.92 Å². The number of carbonyl (C=O) groups is 1. The van der Waals surface area contributed by atoms with E-state index in [1.807, 2.05) is 0 Å². The Bertz CT molecular complexity index is 114. The molecule has 1 N–H and O–H groups in total. The molecule has 0 fully saturated rings. The number of ether oxygens (including phenoxy) is 1. The number of carbonyl (C=O) groups excluding carboxylic acids is 1. The van der Waals surface area contributed by atoms with E-state index in [9.17, 15) is 4.79 Å². The van der Waals surface area contributed by atoms with Gasteiger partial charge in [0.2, 0.25) is 6.29 Å². The summed E-state index contributed by atoms with van der Waals surface area (Å²) in [5.74, 6) is -0.464. The third kappa shape index (κ3) is 5.53. The molecule has 0 saturated carbocycles. The molecule has 0 aliphatic heterocycles. The Morgan fingerprint density at radius 1 is 1.70 bits per heavy atom. The third-order valence-corrected chi connectivity index (χ3v) is 0.823. The summed E-state index contributed by atoms with van der Waals surface area (Å²) in [5, 5.41) is 8.91. The number of esters is 1. The Labute approximate surface area is 60.4 Å². The minimum atomic E-state index is -1.01. The molecule has 0 rings (SSSR count). The molecule has 0 aliphatic rings. The van der Waals surface area contributed by atoms with Gasteiger partial charge in [0.15, 0.2) is 0 Å². The maximum absolute atomic E-state index is 10.2. The van der Waals surface area contributed by atoms with Gasteiger partial charge in [-0.25, -0.2) is 0 Å². The summed E-state index contributed by atoms with van der Waals surface area (Å²) in [5.41, 5.74) is 0. The third-order valence-electron chi connectivity index (χ3n) is 0.823. The van der Waals surface area contributed by atoms with E-state index in [1.165, 1.54) is 6.92 Å². The topological polar surface area (TPSA) is 49.8 Å². The molecule has 0 spiro atoms. The highest BCUT2D eigenvalue weighted by Crippen LogP contribution is 1.88. The predicted molar refractivity (Wildman–Crippen MR) is 36.3 cm³/mol. The molecule has 0 bridgehead atoms. The van der Waals surface area contributed by atoms with Crippen molar-refractivity contribution < 1.29 is 14.6 Å². The van der Waals surface area contributed by atoms with E-state index in [1.54, 1.807) is 19.0 Å². The van der Waals surface area contributed by atoms with Crippen molar-refractivity contribution in [3.8, 4) is 0 Å². The van der Waals surface area contributed by atoms with Gasteiger partial charge in [-0.3, -0.25) is 4.79 Å². The first-order chi connectivity index (χ1) is 4.52. The van der Waals surface area contributed by atoms with Crippen LogP contribution in [0.5, 0.6) is 0 Å². The highest BCUT2D eigenvalue weighted by Gasteiger charge is 2.06. The van der Waals surface area contributed by atoms with Gasteiger partial charge in [0.05, 0.1) is 6.54 Å². The van der Waals surface area contributed by atoms with Crippen LogP contribution >= 0.6 is 0 Å². The van der Waals surface area contributed by atoms with Crippen molar-refractivity contribution in [3.05, 3.63) is 0 Å². The van der Waals surface area contributed by atoms with Crippen LogP contribution in [0, 0.1) is 0 Å². The molecule has 0 aliphatic carbocycles.